The van der Waals surface area contributed by atoms with E-state index in [1.165, 1.54) is 31.3 Å². The highest BCUT2D eigenvalue weighted by molar-refractivity contribution is 5.85. The lowest BCUT2D eigenvalue weighted by Crippen LogP contribution is -2.57. The molecule has 1 aliphatic heterocycles. The van der Waals surface area contributed by atoms with E-state index in [1.807, 2.05) is 0 Å². The molecule has 0 spiro atoms. The number of rotatable bonds is 2. The lowest BCUT2D eigenvalue weighted by molar-refractivity contribution is -0.147. The van der Waals surface area contributed by atoms with Gasteiger partial charge in [0.2, 0.25) is 0 Å². The first-order valence-corrected chi connectivity index (χ1v) is 13.6. The Labute approximate surface area is 201 Å². The topological polar surface area (TPSA) is 46.5 Å². The van der Waals surface area contributed by atoms with Crippen LogP contribution in [0, 0.1) is 45.3 Å². The number of fused-ring (bicyclic) bond motifs is 5. The van der Waals surface area contributed by atoms with E-state index in [2.05, 4.69) is 60.6 Å². The van der Waals surface area contributed by atoms with Gasteiger partial charge >= 0.3 is 0 Å². The molecule has 0 aromatic carbocycles. The van der Waals surface area contributed by atoms with E-state index in [1.54, 1.807) is 5.57 Å². The standard InChI is InChI=1S/C30H46O3/c1-18(2)16-19-17-20(26(32)33-19)21-10-14-30(7)23-8-9-24-27(3,4)25(31)12-13-28(24,5)22(23)11-15-29(21,30)6/h8,16,19-22,24,26,32H,9-15,17H2,1-7H3. The minimum atomic E-state index is -0.639. The van der Waals surface area contributed by atoms with Crippen LogP contribution in [0.5, 0.6) is 0 Å². The van der Waals surface area contributed by atoms with Crippen LogP contribution in [-0.2, 0) is 9.53 Å². The third kappa shape index (κ3) is 3.17. The van der Waals surface area contributed by atoms with E-state index in [9.17, 15) is 9.90 Å². The number of aliphatic hydroxyl groups is 1. The van der Waals surface area contributed by atoms with Gasteiger partial charge in [-0.1, -0.05) is 57.9 Å². The zero-order valence-corrected chi connectivity index (χ0v) is 22.0. The van der Waals surface area contributed by atoms with Gasteiger partial charge in [0.05, 0.1) is 6.10 Å². The van der Waals surface area contributed by atoms with E-state index >= 15 is 0 Å². The van der Waals surface area contributed by atoms with Crippen LogP contribution in [0.15, 0.2) is 23.3 Å². The van der Waals surface area contributed by atoms with Gasteiger partial charge in [-0.05, 0) is 92.8 Å². The predicted molar refractivity (Wildman–Crippen MR) is 132 cm³/mol. The molecular weight excluding hydrogens is 408 g/mol. The minimum absolute atomic E-state index is 0.0531. The summed E-state index contributed by atoms with van der Waals surface area (Å²) in [6, 6.07) is 0. The van der Waals surface area contributed by atoms with Gasteiger partial charge in [0, 0.05) is 17.8 Å². The van der Waals surface area contributed by atoms with Crippen LogP contribution in [0.1, 0.15) is 99.8 Å². The smallest absolute Gasteiger partial charge is 0.158 e. The molecule has 0 amide bonds. The van der Waals surface area contributed by atoms with Crippen LogP contribution in [0.25, 0.3) is 0 Å². The van der Waals surface area contributed by atoms with Crippen molar-refractivity contribution in [3.8, 4) is 0 Å². The molecule has 9 unspecified atom stereocenters. The number of carbonyl (C=O) groups is 1. The van der Waals surface area contributed by atoms with Gasteiger partial charge in [0.25, 0.3) is 0 Å². The quantitative estimate of drug-likeness (QED) is 0.464. The summed E-state index contributed by atoms with van der Waals surface area (Å²) in [6.07, 6.45) is 12.8. The summed E-state index contributed by atoms with van der Waals surface area (Å²) in [5.74, 6) is 2.26. The Kier molecular flexibility index (Phi) is 5.43. The molecule has 5 rings (SSSR count). The largest absolute Gasteiger partial charge is 0.368 e. The SMILES string of the molecule is CC(C)=CC1CC(C2CCC3(C)C4=CCC5C(C)(C)C(=O)CCC5(C)C4CCC23C)C(O)O1. The number of allylic oxidation sites excluding steroid dienone is 3. The van der Waals surface area contributed by atoms with Crippen molar-refractivity contribution in [1.82, 2.24) is 0 Å². The van der Waals surface area contributed by atoms with Crippen molar-refractivity contribution in [3.05, 3.63) is 23.3 Å². The first-order valence-electron chi connectivity index (χ1n) is 13.6. The third-order valence-electron chi connectivity index (χ3n) is 11.9. The Morgan fingerprint density at radius 2 is 1.82 bits per heavy atom. The van der Waals surface area contributed by atoms with Crippen molar-refractivity contribution in [2.75, 3.05) is 0 Å². The Morgan fingerprint density at radius 3 is 2.52 bits per heavy atom. The number of aliphatic hydroxyl groups excluding tert-OH is 1. The normalized spacial score (nSPS) is 50.8. The first-order chi connectivity index (χ1) is 15.3. The summed E-state index contributed by atoms with van der Waals surface area (Å²) in [7, 11) is 0. The zero-order chi connectivity index (χ0) is 24.0. The lowest BCUT2D eigenvalue weighted by atomic mass is 9.41. The van der Waals surface area contributed by atoms with Gasteiger partial charge in [-0.15, -0.1) is 0 Å². The number of carbonyl (C=O) groups excluding carboxylic acids is 1. The summed E-state index contributed by atoms with van der Waals surface area (Å²) in [4.78, 5) is 12.8. The number of ketones is 1. The average Bonchev–Trinajstić information content (AvgIpc) is 3.20. The molecule has 3 heteroatoms. The van der Waals surface area contributed by atoms with Gasteiger partial charge in [-0.25, -0.2) is 0 Å². The number of Topliss-reactive ketones (excluding diaryl/α,β-unsaturated/α-hetero) is 1. The molecule has 0 bridgehead atoms. The molecule has 0 aromatic heterocycles. The van der Waals surface area contributed by atoms with Crippen molar-refractivity contribution < 1.29 is 14.6 Å². The van der Waals surface area contributed by atoms with Gasteiger partial charge in [-0.2, -0.15) is 0 Å². The van der Waals surface area contributed by atoms with Crippen LogP contribution >= 0.6 is 0 Å². The van der Waals surface area contributed by atoms with E-state index in [0.717, 1.165) is 25.7 Å². The van der Waals surface area contributed by atoms with Crippen LogP contribution in [0.4, 0.5) is 0 Å². The highest BCUT2D eigenvalue weighted by Gasteiger charge is 2.66. The Hall–Kier alpha value is -0.930. The summed E-state index contributed by atoms with van der Waals surface area (Å²) in [5, 5.41) is 10.9. The summed E-state index contributed by atoms with van der Waals surface area (Å²) in [6.45, 7) is 16.2. The maximum atomic E-state index is 12.8. The number of ether oxygens (including phenoxy) is 1. The molecule has 184 valence electrons. The molecule has 0 aromatic rings. The molecule has 3 saturated carbocycles. The molecule has 0 radical (unpaired) electrons. The first kappa shape index (κ1) is 23.8. The van der Waals surface area contributed by atoms with Gasteiger partial charge in [0.1, 0.15) is 5.78 Å². The Morgan fingerprint density at radius 1 is 1.09 bits per heavy atom. The van der Waals surface area contributed by atoms with Gasteiger partial charge in [0.15, 0.2) is 6.29 Å². The average molecular weight is 455 g/mol. The fourth-order valence-corrected chi connectivity index (χ4v) is 9.80. The summed E-state index contributed by atoms with van der Waals surface area (Å²) >= 11 is 0. The minimum Gasteiger partial charge on any atom is -0.368 e. The van der Waals surface area contributed by atoms with E-state index in [-0.39, 0.29) is 33.7 Å². The highest BCUT2D eigenvalue weighted by Crippen LogP contribution is 2.73. The Bertz CT molecular complexity index is 894. The van der Waals surface area contributed by atoms with Crippen LogP contribution in [0.2, 0.25) is 0 Å². The van der Waals surface area contributed by atoms with Gasteiger partial charge < -0.3 is 9.84 Å². The van der Waals surface area contributed by atoms with Crippen LogP contribution in [0.3, 0.4) is 0 Å². The Balaban J connectivity index is 1.47. The fourth-order valence-electron chi connectivity index (χ4n) is 9.80. The van der Waals surface area contributed by atoms with Crippen molar-refractivity contribution in [1.29, 1.82) is 0 Å². The van der Waals surface area contributed by atoms with Crippen molar-refractivity contribution in [2.24, 2.45) is 45.3 Å². The van der Waals surface area contributed by atoms with Crippen molar-refractivity contribution >= 4 is 5.78 Å². The molecule has 1 N–H and O–H groups in total. The third-order valence-corrected chi connectivity index (χ3v) is 11.9. The molecule has 1 heterocycles. The maximum absolute atomic E-state index is 12.8. The number of hydrogen-bond acceptors (Lipinski definition) is 3. The van der Waals surface area contributed by atoms with Crippen LogP contribution < -0.4 is 0 Å². The van der Waals surface area contributed by atoms with Crippen molar-refractivity contribution in [3.63, 3.8) is 0 Å². The molecule has 4 aliphatic carbocycles. The van der Waals surface area contributed by atoms with Crippen LogP contribution in [-0.4, -0.2) is 23.3 Å². The molecular formula is C30H46O3. The zero-order valence-electron chi connectivity index (χ0n) is 22.0. The summed E-state index contributed by atoms with van der Waals surface area (Å²) < 4.78 is 6.01. The molecule has 3 nitrogen and oxygen atoms in total. The molecule has 33 heavy (non-hydrogen) atoms. The van der Waals surface area contributed by atoms with E-state index < -0.39 is 6.29 Å². The van der Waals surface area contributed by atoms with Crippen molar-refractivity contribution in [2.45, 2.75) is 112 Å². The summed E-state index contributed by atoms with van der Waals surface area (Å²) in [5.41, 5.74) is 3.38. The monoisotopic (exact) mass is 454 g/mol. The second-order valence-corrected chi connectivity index (χ2v) is 13.8. The molecule has 1 saturated heterocycles. The second kappa shape index (κ2) is 7.53. The fraction of sp³-hybridized carbons (Fsp3) is 0.833. The second-order valence-electron chi connectivity index (χ2n) is 13.8. The van der Waals surface area contributed by atoms with Gasteiger partial charge in [-0.3, -0.25) is 4.79 Å². The molecule has 4 fully saturated rings. The highest BCUT2D eigenvalue weighted by atomic mass is 16.6. The van der Waals surface area contributed by atoms with E-state index in [0.29, 0.717) is 23.5 Å². The molecule has 5 aliphatic rings. The lowest BCUT2D eigenvalue weighted by Gasteiger charge is -2.63. The maximum Gasteiger partial charge on any atom is 0.158 e. The van der Waals surface area contributed by atoms with E-state index in [4.69, 9.17) is 4.74 Å². The molecule has 9 atom stereocenters. The number of hydrogen-bond donors (Lipinski definition) is 1. The predicted octanol–water partition coefficient (Wildman–Crippen LogP) is 6.85.